The Balaban J connectivity index is 2.10. The van der Waals surface area contributed by atoms with Crippen molar-refractivity contribution in [3.05, 3.63) is 41.5 Å². The van der Waals surface area contributed by atoms with E-state index in [0.717, 1.165) is 11.8 Å². The Morgan fingerprint density at radius 1 is 1.32 bits per heavy atom. The molecule has 1 amide bonds. The number of carboxylic acids is 1. The molecular formula is C17H20FN3O4. The van der Waals surface area contributed by atoms with Gasteiger partial charge in [-0.3, -0.25) is 9.89 Å². The van der Waals surface area contributed by atoms with E-state index in [1.807, 2.05) is 20.8 Å². The summed E-state index contributed by atoms with van der Waals surface area (Å²) in [4.78, 5) is 22.9. The highest BCUT2D eigenvalue weighted by Crippen LogP contribution is 2.24. The first-order valence-electron chi connectivity index (χ1n) is 7.64. The number of benzene rings is 1. The third-order valence-electron chi connectivity index (χ3n) is 3.46. The zero-order valence-corrected chi connectivity index (χ0v) is 14.4. The van der Waals surface area contributed by atoms with Gasteiger partial charge in [0, 0.05) is 22.9 Å². The molecule has 1 heterocycles. The lowest BCUT2D eigenvalue weighted by Crippen LogP contribution is -2.23. The number of carboxylic acid groups (broad SMARTS) is 1. The molecule has 1 atom stereocenters. The van der Waals surface area contributed by atoms with E-state index in [4.69, 9.17) is 9.84 Å². The average Bonchev–Trinajstić information content (AvgIpc) is 3.00. The molecule has 0 saturated carbocycles. The number of nitrogens with zero attached hydrogens (tertiary/aromatic N) is 1. The summed E-state index contributed by atoms with van der Waals surface area (Å²) in [5.41, 5.74) is 1.01. The van der Waals surface area contributed by atoms with E-state index in [0.29, 0.717) is 0 Å². The van der Waals surface area contributed by atoms with Gasteiger partial charge in [0.1, 0.15) is 0 Å². The van der Waals surface area contributed by atoms with Crippen LogP contribution < -0.4 is 10.1 Å². The fourth-order valence-corrected chi connectivity index (χ4v) is 1.93. The zero-order valence-electron chi connectivity index (χ0n) is 14.4. The Morgan fingerprint density at radius 2 is 2.00 bits per heavy atom. The van der Waals surface area contributed by atoms with Crippen molar-refractivity contribution in [3.63, 3.8) is 0 Å². The number of amides is 1. The van der Waals surface area contributed by atoms with Gasteiger partial charge in [-0.25, -0.2) is 9.18 Å². The summed E-state index contributed by atoms with van der Waals surface area (Å²) in [7, 11) is 0. The molecule has 3 N–H and O–H groups in total. The number of aromatic amines is 1. The van der Waals surface area contributed by atoms with Crippen LogP contribution in [0.5, 0.6) is 5.75 Å². The SMILES string of the molecule is CC(Oc1ccc(NC(=O)c2cc(C(C)(C)C)[nH]n2)cc1F)C(=O)O. The molecule has 0 aliphatic rings. The van der Waals surface area contributed by atoms with E-state index in [1.165, 1.54) is 19.1 Å². The van der Waals surface area contributed by atoms with Crippen LogP contribution in [0.3, 0.4) is 0 Å². The van der Waals surface area contributed by atoms with Gasteiger partial charge in [-0.2, -0.15) is 5.10 Å². The van der Waals surface area contributed by atoms with Gasteiger partial charge in [-0.05, 0) is 25.1 Å². The molecule has 0 fully saturated rings. The molecule has 25 heavy (non-hydrogen) atoms. The number of carbonyl (C=O) groups excluding carboxylic acids is 1. The summed E-state index contributed by atoms with van der Waals surface area (Å²) < 4.78 is 19.0. The van der Waals surface area contributed by atoms with Crippen molar-refractivity contribution in [2.45, 2.75) is 39.2 Å². The summed E-state index contributed by atoms with van der Waals surface area (Å²) >= 11 is 0. The minimum absolute atomic E-state index is 0.183. The summed E-state index contributed by atoms with van der Waals surface area (Å²) in [6.07, 6.45) is -1.19. The maximum Gasteiger partial charge on any atom is 0.344 e. The molecule has 2 rings (SSSR count). The van der Waals surface area contributed by atoms with Crippen LogP contribution in [0.25, 0.3) is 0 Å². The Bertz CT molecular complexity index is 795. The molecule has 1 unspecified atom stereocenters. The number of carbonyl (C=O) groups is 2. The molecule has 1 aromatic heterocycles. The standard InChI is InChI=1S/C17H20FN3O4/c1-9(16(23)24)25-13-6-5-10(7-11(13)18)19-15(22)12-8-14(21-20-12)17(2,3)4/h5-9H,1-4H3,(H,19,22)(H,20,21)(H,23,24). The minimum Gasteiger partial charge on any atom is -0.479 e. The third kappa shape index (κ3) is 4.56. The molecular weight excluding hydrogens is 329 g/mol. The average molecular weight is 349 g/mol. The van der Waals surface area contributed by atoms with Crippen molar-refractivity contribution in [1.29, 1.82) is 0 Å². The van der Waals surface area contributed by atoms with Crippen molar-refractivity contribution >= 4 is 17.6 Å². The van der Waals surface area contributed by atoms with Crippen molar-refractivity contribution in [2.75, 3.05) is 5.32 Å². The topological polar surface area (TPSA) is 104 Å². The predicted molar refractivity (Wildman–Crippen MR) is 89.4 cm³/mol. The second-order valence-electron chi connectivity index (χ2n) is 6.61. The molecule has 0 bridgehead atoms. The van der Waals surface area contributed by atoms with E-state index < -0.39 is 23.8 Å². The smallest absolute Gasteiger partial charge is 0.344 e. The van der Waals surface area contributed by atoms with Crippen LogP contribution in [0, 0.1) is 5.82 Å². The number of hydrogen-bond donors (Lipinski definition) is 3. The van der Waals surface area contributed by atoms with Crippen molar-refractivity contribution in [3.8, 4) is 5.75 Å². The molecule has 1 aromatic carbocycles. The van der Waals surface area contributed by atoms with Crippen LogP contribution in [0.15, 0.2) is 24.3 Å². The number of rotatable bonds is 5. The van der Waals surface area contributed by atoms with Crippen molar-refractivity contribution < 1.29 is 23.8 Å². The lowest BCUT2D eigenvalue weighted by molar-refractivity contribution is -0.144. The Hall–Kier alpha value is -2.90. The van der Waals surface area contributed by atoms with Crippen molar-refractivity contribution in [1.82, 2.24) is 10.2 Å². The Labute approximate surface area is 144 Å². The summed E-state index contributed by atoms with van der Waals surface area (Å²) in [5.74, 6) is -2.67. The largest absolute Gasteiger partial charge is 0.479 e. The second kappa shape index (κ2) is 6.92. The number of nitrogens with one attached hydrogen (secondary N) is 2. The Morgan fingerprint density at radius 3 is 2.52 bits per heavy atom. The molecule has 0 aliphatic carbocycles. The third-order valence-corrected chi connectivity index (χ3v) is 3.46. The van der Waals surface area contributed by atoms with Crippen LogP contribution in [-0.2, 0) is 10.2 Å². The fourth-order valence-electron chi connectivity index (χ4n) is 1.93. The number of hydrogen-bond acceptors (Lipinski definition) is 4. The highest BCUT2D eigenvalue weighted by molar-refractivity contribution is 6.02. The van der Waals surface area contributed by atoms with Gasteiger partial charge in [0.05, 0.1) is 0 Å². The first-order chi connectivity index (χ1) is 11.6. The zero-order chi connectivity index (χ0) is 18.8. The van der Waals surface area contributed by atoms with Gasteiger partial charge in [0.2, 0.25) is 0 Å². The van der Waals surface area contributed by atoms with E-state index in [-0.39, 0.29) is 22.5 Å². The molecule has 8 heteroatoms. The molecule has 0 spiro atoms. The van der Waals surface area contributed by atoms with Crippen LogP contribution in [0.2, 0.25) is 0 Å². The molecule has 7 nitrogen and oxygen atoms in total. The van der Waals surface area contributed by atoms with Gasteiger partial charge in [-0.1, -0.05) is 20.8 Å². The van der Waals surface area contributed by atoms with Gasteiger partial charge in [0.25, 0.3) is 5.91 Å². The molecule has 0 radical (unpaired) electrons. The quantitative estimate of drug-likeness (QED) is 0.770. The number of aliphatic carboxylic acids is 1. The molecule has 134 valence electrons. The molecule has 0 aliphatic heterocycles. The molecule has 2 aromatic rings. The number of H-pyrrole nitrogens is 1. The summed E-state index contributed by atoms with van der Waals surface area (Å²) in [5, 5.41) is 18.1. The fraction of sp³-hybridized carbons (Fsp3) is 0.353. The van der Waals surface area contributed by atoms with Crippen LogP contribution in [0.1, 0.15) is 43.9 Å². The lowest BCUT2D eigenvalue weighted by atomic mass is 9.92. The first kappa shape index (κ1) is 18.4. The minimum atomic E-state index is -1.20. The van der Waals surface area contributed by atoms with Crippen LogP contribution in [0.4, 0.5) is 10.1 Å². The van der Waals surface area contributed by atoms with E-state index in [1.54, 1.807) is 6.07 Å². The van der Waals surface area contributed by atoms with Crippen LogP contribution >= 0.6 is 0 Å². The summed E-state index contributed by atoms with van der Waals surface area (Å²) in [6, 6.07) is 5.37. The van der Waals surface area contributed by atoms with Crippen molar-refractivity contribution in [2.24, 2.45) is 0 Å². The van der Waals surface area contributed by atoms with Crippen LogP contribution in [-0.4, -0.2) is 33.3 Å². The number of anilines is 1. The highest BCUT2D eigenvalue weighted by Gasteiger charge is 2.20. The summed E-state index contributed by atoms with van der Waals surface area (Å²) in [6.45, 7) is 7.24. The van der Waals surface area contributed by atoms with Gasteiger partial charge in [0.15, 0.2) is 23.4 Å². The first-order valence-corrected chi connectivity index (χ1v) is 7.64. The predicted octanol–water partition coefficient (Wildman–Crippen LogP) is 2.95. The normalized spacial score (nSPS) is 12.5. The molecule has 0 saturated heterocycles. The number of ether oxygens (including phenoxy) is 1. The van der Waals surface area contributed by atoms with Gasteiger partial charge in [-0.15, -0.1) is 0 Å². The lowest BCUT2D eigenvalue weighted by Gasteiger charge is -2.14. The van der Waals surface area contributed by atoms with Gasteiger partial charge < -0.3 is 15.2 Å². The maximum atomic E-state index is 14.0. The Kier molecular flexibility index (Phi) is 5.10. The number of aromatic nitrogens is 2. The maximum absolute atomic E-state index is 14.0. The van der Waals surface area contributed by atoms with E-state index >= 15 is 0 Å². The number of halogens is 1. The van der Waals surface area contributed by atoms with Gasteiger partial charge >= 0.3 is 5.97 Å². The van der Waals surface area contributed by atoms with E-state index in [9.17, 15) is 14.0 Å². The second-order valence-corrected chi connectivity index (χ2v) is 6.61. The van der Waals surface area contributed by atoms with E-state index in [2.05, 4.69) is 15.5 Å². The highest BCUT2D eigenvalue weighted by atomic mass is 19.1. The monoisotopic (exact) mass is 349 g/mol.